The monoisotopic (exact) mass is 397 g/mol. The number of para-hydroxylation sites is 1. The first-order chi connectivity index (χ1) is 13.3. The van der Waals surface area contributed by atoms with Gasteiger partial charge in [-0.25, -0.2) is 8.42 Å². The van der Waals surface area contributed by atoms with E-state index in [1.807, 2.05) is 30.0 Å². The van der Waals surface area contributed by atoms with Gasteiger partial charge in [-0.2, -0.15) is 9.57 Å². The molecule has 146 valence electrons. The summed E-state index contributed by atoms with van der Waals surface area (Å²) in [5, 5.41) is 9.34. The number of nitriles is 1. The van der Waals surface area contributed by atoms with Gasteiger partial charge in [0, 0.05) is 31.2 Å². The first-order valence-corrected chi connectivity index (χ1v) is 10.6. The van der Waals surface area contributed by atoms with E-state index < -0.39 is 10.0 Å². The molecule has 0 aromatic heterocycles. The Balaban J connectivity index is 1.90. The lowest BCUT2D eigenvalue weighted by atomic mass is 10.1. The third kappa shape index (κ3) is 3.53. The molecule has 2 aromatic rings. The highest BCUT2D eigenvalue weighted by Crippen LogP contribution is 2.29. The number of aldehydes is 1. The zero-order valence-electron chi connectivity index (χ0n) is 16.2. The Labute approximate surface area is 166 Å². The van der Waals surface area contributed by atoms with Crippen molar-refractivity contribution in [2.45, 2.75) is 31.7 Å². The number of hydrogen-bond donors (Lipinski definition) is 0. The van der Waals surface area contributed by atoms with Gasteiger partial charge in [0.05, 0.1) is 16.1 Å². The molecule has 0 unspecified atom stereocenters. The third-order valence-electron chi connectivity index (χ3n) is 5.21. The molecule has 1 saturated heterocycles. The van der Waals surface area contributed by atoms with Crippen LogP contribution >= 0.6 is 0 Å². The highest BCUT2D eigenvalue weighted by Gasteiger charge is 2.35. The molecule has 1 aliphatic heterocycles. The van der Waals surface area contributed by atoms with Crippen LogP contribution in [0.15, 0.2) is 41.3 Å². The number of nitrogens with zero attached hydrogens (tertiary/aromatic N) is 3. The van der Waals surface area contributed by atoms with Crippen molar-refractivity contribution >= 4 is 22.0 Å². The van der Waals surface area contributed by atoms with Crippen molar-refractivity contribution in [3.8, 4) is 6.07 Å². The molecule has 0 aliphatic carbocycles. The largest absolute Gasteiger partial charge is 0.368 e. The smallest absolute Gasteiger partial charge is 0.243 e. The number of anilines is 1. The summed E-state index contributed by atoms with van der Waals surface area (Å²) in [6.45, 7) is 6.70. The lowest BCUT2D eigenvalue weighted by Gasteiger charge is -2.40. The number of benzene rings is 2. The number of piperazine rings is 1. The molecule has 1 heterocycles. The SMILES string of the molecule is Cc1cc(C)c(S(=O)(=O)N2CCN(c3ccccc3C#N)C[C@@H]2C)cc1C=O. The Bertz CT molecular complexity index is 1060. The highest BCUT2D eigenvalue weighted by atomic mass is 32.2. The van der Waals surface area contributed by atoms with E-state index in [-0.39, 0.29) is 10.9 Å². The van der Waals surface area contributed by atoms with E-state index in [1.165, 1.54) is 10.4 Å². The predicted molar refractivity (Wildman–Crippen MR) is 108 cm³/mol. The molecule has 0 spiro atoms. The van der Waals surface area contributed by atoms with Crippen molar-refractivity contribution in [1.29, 1.82) is 5.26 Å². The highest BCUT2D eigenvalue weighted by molar-refractivity contribution is 7.89. The summed E-state index contributed by atoms with van der Waals surface area (Å²) in [5.74, 6) is 0. The van der Waals surface area contributed by atoms with E-state index in [2.05, 4.69) is 6.07 Å². The maximum absolute atomic E-state index is 13.3. The molecule has 3 rings (SSSR count). The van der Waals surface area contributed by atoms with Gasteiger partial charge in [0.15, 0.2) is 0 Å². The maximum atomic E-state index is 13.3. The summed E-state index contributed by atoms with van der Waals surface area (Å²) in [4.78, 5) is 13.5. The first-order valence-electron chi connectivity index (χ1n) is 9.12. The van der Waals surface area contributed by atoms with Crippen LogP contribution in [-0.4, -0.2) is 44.7 Å². The van der Waals surface area contributed by atoms with Gasteiger partial charge in [0.2, 0.25) is 10.0 Å². The normalized spacial score (nSPS) is 17.9. The zero-order chi connectivity index (χ0) is 20.5. The summed E-state index contributed by atoms with van der Waals surface area (Å²) in [7, 11) is -3.73. The fourth-order valence-corrected chi connectivity index (χ4v) is 5.60. The second kappa shape index (κ2) is 7.74. The second-order valence-electron chi connectivity index (χ2n) is 7.13. The van der Waals surface area contributed by atoms with Crippen LogP contribution in [0, 0.1) is 25.2 Å². The van der Waals surface area contributed by atoms with Gasteiger partial charge in [-0.3, -0.25) is 4.79 Å². The zero-order valence-corrected chi connectivity index (χ0v) is 17.0. The minimum absolute atomic E-state index is 0.179. The van der Waals surface area contributed by atoms with Crippen LogP contribution < -0.4 is 4.90 Å². The van der Waals surface area contributed by atoms with Gasteiger partial charge >= 0.3 is 0 Å². The average Bonchev–Trinajstić information content (AvgIpc) is 2.67. The van der Waals surface area contributed by atoms with Crippen molar-refractivity contribution in [1.82, 2.24) is 4.31 Å². The number of carbonyl (C=O) groups excluding carboxylic acids is 1. The molecule has 28 heavy (non-hydrogen) atoms. The van der Waals surface area contributed by atoms with E-state index in [0.717, 1.165) is 11.3 Å². The van der Waals surface area contributed by atoms with Crippen LogP contribution in [0.5, 0.6) is 0 Å². The lowest BCUT2D eigenvalue weighted by molar-refractivity contribution is 0.112. The molecule has 0 bridgehead atoms. The molecule has 1 atom stereocenters. The number of rotatable bonds is 4. The Hall–Kier alpha value is -2.69. The minimum atomic E-state index is -3.73. The van der Waals surface area contributed by atoms with Gasteiger partial charge < -0.3 is 4.90 Å². The Morgan fingerprint density at radius 2 is 1.86 bits per heavy atom. The fourth-order valence-electron chi connectivity index (χ4n) is 3.74. The van der Waals surface area contributed by atoms with Gasteiger partial charge in [-0.1, -0.05) is 18.2 Å². The number of carbonyl (C=O) groups is 1. The van der Waals surface area contributed by atoms with Crippen molar-refractivity contribution in [3.63, 3.8) is 0 Å². The van der Waals surface area contributed by atoms with Gasteiger partial charge in [0.1, 0.15) is 12.4 Å². The topological polar surface area (TPSA) is 81.5 Å². The molecule has 2 aromatic carbocycles. The van der Waals surface area contributed by atoms with Crippen LogP contribution in [0.2, 0.25) is 0 Å². The van der Waals surface area contributed by atoms with Crippen LogP contribution in [0.3, 0.4) is 0 Å². The minimum Gasteiger partial charge on any atom is -0.368 e. The molecule has 0 amide bonds. The summed E-state index contributed by atoms with van der Waals surface area (Å²) >= 11 is 0. The van der Waals surface area contributed by atoms with Crippen LogP contribution in [0.4, 0.5) is 5.69 Å². The quantitative estimate of drug-likeness (QED) is 0.741. The first kappa shape index (κ1) is 20.1. The van der Waals surface area contributed by atoms with Crippen molar-refractivity contribution in [2.75, 3.05) is 24.5 Å². The Kier molecular flexibility index (Phi) is 5.54. The van der Waals surface area contributed by atoms with Crippen molar-refractivity contribution in [3.05, 3.63) is 58.7 Å². The molecule has 6 nitrogen and oxygen atoms in total. The van der Waals surface area contributed by atoms with E-state index in [4.69, 9.17) is 0 Å². The predicted octanol–water partition coefficient (Wildman–Crippen LogP) is 2.89. The molecular formula is C21H23N3O3S. The molecule has 0 radical (unpaired) electrons. The van der Waals surface area contributed by atoms with Gasteiger partial charge in [0.25, 0.3) is 0 Å². The molecule has 1 aliphatic rings. The molecular weight excluding hydrogens is 374 g/mol. The van der Waals surface area contributed by atoms with Gasteiger partial charge in [-0.05, 0) is 50.1 Å². The van der Waals surface area contributed by atoms with E-state index in [0.29, 0.717) is 42.6 Å². The molecule has 7 heteroatoms. The second-order valence-corrected chi connectivity index (χ2v) is 8.99. The fraction of sp³-hybridized carbons (Fsp3) is 0.333. The van der Waals surface area contributed by atoms with E-state index >= 15 is 0 Å². The Morgan fingerprint density at radius 1 is 1.14 bits per heavy atom. The lowest BCUT2D eigenvalue weighted by Crippen LogP contribution is -2.54. The molecule has 0 saturated carbocycles. The van der Waals surface area contributed by atoms with Crippen LogP contribution in [-0.2, 0) is 10.0 Å². The summed E-state index contributed by atoms with van der Waals surface area (Å²) < 4.78 is 28.1. The van der Waals surface area contributed by atoms with Crippen molar-refractivity contribution < 1.29 is 13.2 Å². The van der Waals surface area contributed by atoms with Crippen LogP contribution in [0.1, 0.15) is 34.0 Å². The number of sulfonamides is 1. The standard InChI is InChI=1S/C21H23N3O3S/c1-15-10-16(2)21(11-19(15)14-25)28(26,27)24-9-8-23(13-17(24)3)20-7-5-4-6-18(20)12-22/h4-7,10-11,14,17H,8-9,13H2,1-3H3/t17-/m0/s1. The average molecular weight is 398 g/mol. The maximum Gasteiger partial charge on any atom is 0.243 e. The third-order valence-corrected chi connectivity index (χ3v) is 7.36. The van der Waals surface area contributed by atoms with Gasteiger partial charge in [-0.15, -0.1) is 0 Å². The Morgan fingerprint density at radius 3 is 2.50 bits per heavy atom. The summed E-state index contributed by atoms with van der Waals surface area (Å²) in [6, 6.07) is 12.5. The van der Waals surface area contributed by atoms with Crippen LogP contribution in [0.25, 0.3) is 0 Å². The summed E-state index contributed by atoms with van der Waals surface area (Å²) in [5.41, 5.74) is 3.18. The summed E-state index contributed by atoms with van der Waals surface area (Å²) in [6.07, 6.45) is 0.688. The van der Waals surface area contributed by atoms with E-state index in [9.17, 15) is 18.5 Å². The number of aryl methyl sites for hydroxylation is 2. The molecule has 1 fully saturated rings. The van der Waals surface area contributed by atoms with Crippen molar-refractivity contribution in [2.24, 2.45) is 0 Å². The molecule has 0 N–H and O–H groups in total. The number of hydrogen-bond acceptors (Lipinski definition) is 5. The van der Waals surface area contributed by atoms with E-state index in [1.54, 1.807) is 26.0 Å².